The number of unbranched alkanes of at least 4 members (excludes halogenated alkanes) is 39. The van der Waals surface area contributed by atoms with E-state index in [0.29, 0.717) is 0 Å². The molecule has 2 nitrogen and oxygen atoms in total. The zero-order valence-corrected chi connectivity index (χ0v) is 60.5. The molecule has 0 aliphatic carbocycles. The van der Waals surface area contributed by atoms with Gasteiger partial charge in [-0.05, 0) is 148 Å². The molecule has 1 aliphatic heterocycles. The molecule has 0 fully saturated rings. The SMILES string of the molecule is CCCCC1=C(c2cc(CCCC)c(CCCC)c(CCCC)c2)[N+](=[N-])C(c2cc(CCCC)c(CCCC)c(CCCC)c2)=C1.CCCCCCCCCCCCCCCCCCC#[C][Ni][C]#CCCCCCCCCCCCCCCCCCC. The average Bonchev–Trinajstić information content (AvgIpc) is 1.86. The van der Waals surface area contributed by atoms with Crippen molar-refractivity contribution in [3.63, 3.8) is 0 Å². The Kier molecular flexibility index (Phi) is 53.7. The molecular formula is C84H142N2Ni. The van der Waals surface area contributed by atoms with Gasteiger partial charge in [0.15, 0.2) is 0 Å². The summed E-state index contributed by atoms with van der Waals surface area (Å²) in [5, 5.41) is 0. The quantitative estimate of drug-likeness (QED) is 0.0273. The van der Waals surface area contributed by atoms with Crippen molar-refractivity contribution in [1.82, 2.24) is 0 Å². The van der Waals surface area contributed by atoms with Crippen LogP contribution < -0.4 is 0 Å². The van der Waals surface area contributed by atoms with Crippen LogP contribution in [0.2, 0.25) is 0 Å². The molecule has 0 aromatic heterocycles. The second kappa shape index (κ2) is 58.2. The van der Waals surface area contributed by atoms with Crippen molar-refractivity contribution in [2.75, 3.05) is 0 Å². The molecule has 0 unspecified atom stereocenters. The first-order valence-corrected chi connectivity index (χ1v) is 39.6. The first-order valence-electron chi connectivity index (χ1n) is 38.6. The third kappa shape index (κ3) is 38.6. The zero-order valence-electron chi connectivity index (χ0n) is 59.5. The average molecular weight is 1240 g/mol. The van der Waals surface area contributed by atoms with Crippen molar-refractivity contribution in [3.05, 3.63) is 86.0 Å². The monoisotopic (exact) mass is 1240 g/mol. The first kappa shape index (κ1) is 80.2. The van der Waals surface area contributed by atoms with Gasteiger partial charge in [-0.15, -0.1) is 0 Å². The zero-order chi connectivity index (χ0) is 62.9. The third-order valence-corrected chi connectivity index (χ3v) is 19.2. The van der Waals surface area contributed by atoms with E-state index in [-0.39, 0.29) is 0 Å². The van der Waals surface area contributed by atoms with Crippen molar-refractivity contribution in [3.8, 4) is 21.6 Å². The van der Waals surface area contributed by atoms with Crippen LogP contribution in [0.15, 0.2) is 35.9 Å². The molecular weight excluding hydrogens is 1100 g/mol. The van der Waals surface area contributed by atoms with Crippen LogP contribution in [0.1, 0.15) is 421 Å². The Morgan fingerprint density at radius 2 is 0.552 bits per heavy atom. The molecule has 0 amide bonds. The molecule has 3 rings (SSSR count). The van der Waals surface area contributed by atoms with Gasteiger partial charge in [-0.25, -0.2) is 4.70 Å². The molecule has 0 saturated heterocycles. The fraction of sp³-hybridized carbons (Fsp3) is 0.762. The number of hydrogen-bond acceptors (Lipinski definition) is 0. The summed E-state index contributed by atoms with van der Waals surface area (Å²) in [4.78, 5) is 6.42. The summed E-state index contributed by atoms with van der Waals surface area (Å²) in [7, 11) is 0. The van der Waals surface area contributed by atoms with Gasteiger partial charge in [-0.1, -0.05) is 197 Å². The van der Waals surface area contributed by atoms with E-state index >= 15 is 0 Å². The Hall–Kier alpha value is -2.87. The Morgan fingerprint density at radius 3 is 0.851 bits per heavy atom. The van der Waals surface area contributed by atoms with Gasteiger partial charge in [0.05, 0.1) is 0 Å². The number of aryl methyl sites for hydroxylation is 4. The van der Waals surface area contributed by atoms with Crippen molar-refractivity contribution in [1.29, 1.82) is 0 Å². The Labute approximate surface area is 550 Å². The van der Waals surface area contributed by atoms with E-state index in [1.54, 1.807) is 15.8 Å². The molecule has 0 saturated carbocycles. The van der Waals surface area contributed by atoms with Crippen molar-refractivity contribution < 1.29 is 19.1 Å². The van der Waals surface area contributed by atoms with E-state index in [2.05, 4.69) is 114 Å². The molecule has 0 spiro atoms. The minimum absolute atomic E-state index is 0.971. The Bertz CT molecular complexity index is 2070. The summed E-state index contributed by atoms with van der Waals surface area (Å²) < 4.78 is 1.59. The molecule has 3 heteroatoms. The summed E-state index contributed by atoms with van der Waals surface area (Å²) in [5.74, 6) is 6.63. The molecule has 87 heavy (non-hydrogen) atoms. The Balaban J connectivity index is 0.000000598. The van der Waals surface area contributed by atoms with Crippen LogP contribution in [0.5, 0.6) is 0 Å². The topological polar surface area (TPSA) is 25.3 Å². The van der Waals surface area contributed by atoms with E-state index in [1.807, 2.05) is 0 Å². The van der Waals surface area contributed by atoms with Crippen LogP contribution in [0.3, 0.4) is 0 Å². The van der Waals surface area contributed by atoms with E-state index in [0.717, 1.165) is 69.2 Å². The fourth-order valence-corrected chi connectivity index (χ4v) is 13.4. The van der Waals surface area contributed by atoms with Gasteiger partial charge >= 0.3 is 164 Å². The van der Waals surface area contributed by atoms with Crippen LogP contribution >= 0.6 is 0 Å². The number of allylic oxidation sites excluding steroid dienone is 2. The van der Waals surface area contributed by atoms with E-state index in [4.69, 9.17) is 0 Å². The minimum Gasteiger partial charge on any atom is -0.0654 e. The summed E-state index contributed by atoms with van der Waals surface area (Å²) in [6, 6.07) is 9.81. The van der Waals surface area contributed by atoms with E-state index < -0.39 is 0 Å². The molecule has 0 N–H and O–H groups in total. The van der Waals surface area contributed by atoms with Crippen LogP contribution in [-0.4, -0.2) is 4.70 Å². The number of nitrogens with zero attached hydrogens (tertiary/aromatic N) is 2. The number of benzene rings is 2. The first-order chi connectivity index (χ1) is 42.9. The van der Waals surface area contributed by atoms with Gasteiger partial charge in [-0.2, -0.15) is 0 Å². The number of rotatable bonds is 55. The van der Waals surface area contributed by atoms with Gasteiger partial charge in [0.1, 0.15) is 0 Å². The summed E-state index contributed by atoms with van der Waals surface area (Å²) in [6.45, 7) is 20.7. The molecule has 0 radical (unpaired) electrons. The summed E-state index contributed by atoms with van der Waals surface area (Å²) >= 11 is 1.32. The van der Waals surface area contributed by atoms with Crippen molar-refractivity contribution >= 4 is 11.4 Å². The van der Waals surface area contributed by atoms with Gasteiger partial charge in [0, 0.05) is 22.8 Å². The fourth-order valence-electron chi connectivity index (χ4n) is 12.9. The third-order valence-electron chi connectivity index (χ3n) is 18.6. The summed E-state index contributed by atoms with van der Waals surface area (Å²) in [5.41, 5.74) is 27.2. The Morgan fingerprint density at radius 1 is 0.299 bits per heavy atom. The second-order valence-corrected chi connectivity index (χ2v) is 27.4. The minimum atomic E-state index is 0.971. The van der Waals surface area contributed by atoms with Gasteiger partial charge in [-0.3, -0.25) is 0 Å². The molecule has 498 valence electrons. The molecule has 1 heterocycles. The maximum absolute atomic E-state index is 12.2. The molecule has 0 atom stereocenters. The van der Waals surface area contributed by atoms with Gasteiger partial charge in [0.25, 0.3) is 0 Å². The van der Waals surface area contributed by atoms with Crippen LogP contribution in [0, 0.1) is 21.6 Å². The molecule has 2 aromatic carbocycles. The van der Waals surface area contributed by atoms with E-state index in [9.17, 15) is 5.53 Å². The predicted octanol–water partition coefficient (Wildman–Crippen LogP) is 28.0. The van der Waals surface area contributed by atoms with E-state index in [1.165, 1.54) is 349 Å². The van der Waals surface area contributed by atoms with Gasteiger partial charge < -0.3 is 5.53 Å². The van der Waals surface area contributed by atoms with Crippen LogP contribution in [0.4, 0.5) is 0 Å². The summed E-state index contributed by atoms with van der Waals surface area (Å²) in [6.07, 6.45) is 74.9. The smallest absolute Gasteiger partial charge is 0.0654 e. The second-order valence-electron chi connectivity index (χ2n) is 26.7. The van der Waals surface area contributed by atoms with Gasteiger partial charge in [0.2, 0.25) is 11.4 Å². The molecule has 2 aromatic rings. The van der Waals surface area contributed by atoms with Crippen LogP contribution in [-0.2, 0) is 53.0 Å². The van der Waals surface area contributed by atoms with Crippen molar-refractivity contribution in [2.24, 2.45) is 0 Å². The maximum atomic E-state index is 12.2. The molecule has 0 bridgehead atoms. The van der Waals surface area contributed by atoms with Crippen molar-refractivity contribution in [2.45, 2.75) is 415 Å². The molecule has 1 aliphatic rings. The predicted molar refractivity (Wildman–Crippen MR) is 386 cm³/mol. The van der Waals surface area contributed by atoms with Crippen LogP contribution in [0.25, 0.3) is 16.9 Å². The number of hydrogen-bond donors (Lipinski definition) is 0. The normalized spacial score (nSPS) is 12.1. The standard InChI is InChI=1S/C44H68N2.2C20H37.Ni/c1-8-15-22-34-29-39(30-35(23-16-9-2)41(34)27-20-13-6)43-33-38(26-19-12-5)44(46(43)45)40-31-36(24-17-10-3)42(28-21-14-7)37(32-40)25-18-11-4;2*1-3-5-7-9-11-13-15-17-19-20-18-16-14-12-10-8-6-4-2;/h29-33H,8-28H2,1-7H3;2*3,5-20H2,1H3;.